The summed E-state index contributed by atoms with van der Waals surface area (Å²) < 4.78 is 5.87. The summed E-state index contributed by atoms with van der Waals surface area (Å²) in [6.45, 7) is 8.10. The first-order valence-electron chi connectivity index (χ1n) is 7.75. The molecule has 1 aromatic heterocycles. The highest BCUT2D eigenvalue weighted by Crippen LogP contribution is 2.28. The lowest BCUT2D eigenvalue weighted by atomic mass is 10.0. The fourth-order valence-electron chi connectivity index (χ4n) is 2.72. The standard InChI is InChI=1S/C18H26N2O/c1-4-16(19)18(17-12-11-14(3)21-17)20(5-2)13-15-9-7-6-8-10-15/h6-12,16,18H,4-5,13,19H2,1-3H3. The van der Waals surface area contributed by atoms with Crippen LogP contribution in [-0.4, -0.2) is 17.5 Å². The zero-order valence-electron chi connectivity index (χ0n) is 13.3. The molecule has 3 nitrogen and oxygen atoms in total. The molecular formula is C18H26N2O. The predicted octanol–water partition coefficient (Wildman–Crippen LogP) is 3.89. The molecule has 2 aromatic rings. The molecule has 2 atom stereocenters. The van der Waals surface area contributed by atoms with Gasteiger partial charge < -0.3 is 10.2 Å². The first kappa shape index (κ1) is 15.8. The SMILES string of the molecule is CCC(N)C(c1ccc(C)o1)N(CC)Cc1ccccc1. The van der Waals surface area contributed by atoms with Gasteiger partial charge in [0.05, 0.1) is 6.04 Å². The second-order valence-corrected chi connectivity index (χ2v) is 5.51. The van der Waals surface area contributed by atoms with E-state index in [2.05, 4.69) is 49.1 Å². The van der Waals surface area contributed by atoms with E-state index in [-0.39, 0.29) is 12.1 Å². The van der Waals surface area contributed by atoms with Gasteiger partial charge in [0.25, 0.3) is 0 Å². The fraction of sp³-hybridized carbons (Fsp3) is 0.444. The van der Waals surface area contributed by atoms with Crippen LogP contribution in [0.15, 0.2) is 46.9 Å². The summed E-state index contributed by atoms with van der Waals surface area (Å²) >= 11 is 0. The lowest BCUT2D eigenvalue weighted by Gasteiger charge is -2.33. The normalized spacial score (nSPS) is 14.3. The molecule has 1 heterocycles. The Morgan fingerprint density at radius 2 is 1.81 bits per heavy atom. The lowest BCUT2D eigenvalue weighted by Crippen LogP contribution is -2.40. The molecule has 114 valence electrons. The molecule has 0 radical (unpaired) electrons. The van der Waals surface area contributed by atoms with Crippen molar-refractivity contribution in [1.82, 2.24) is 4.90 Å². The van der Waals surface area contributed by atoms with Crippen LogP contribution in [0.5, 0.6) is 0 Å². The molecule has 0 aliphatic heterocycles. The first-order chi connectivity index (χ1) is 10.2. The number of benzene rings is 1. The van der Waals surface area contributed by atoms with Crippen LogP contribution in [0.1, 0.15) is 43.4 Å². The van der Waals surface area contributed by atoms with Crippen LogP contribution < -0.4 is 5.73 Å². The van der Waals surface area contributed by atoms with Gasteiger partial charge in [-0.1, -0.05) is 44.2 Å². The maximum atomic E-state index is 6.39. The number of hydrogen-bond donors (Lipinski definition) is 1. The molecule has 2 unspecified atom stereocenters. The average Bonchev–Trinajstić information content (AvgIpc) is 2.93. The number of rotatable bonds is 7. The van der Waals surface area contributed by atoms with Crippen LogP contribution in [-0.2, 0) is 6.54 Å². The Morgan fingerprint density at radius 1 is 1.10 bits per heavy atom. The van der Waals surface area contributed by atoms with Crippen molar-refractivity contribution >= 4 is 0 Å². The second kappa shape index (κ2) is 7.43. The average molecular weight is 286 g/mol. The number of nitrogens with zero attached hydrogens (tertiary/aromatic N) is 1. The quantitative estimate of drug-likeness (QED) is 0.839. The van der Waals surface area contributed by atoms with Crippen molar-refractivity contribution in [3.63, 3.8) is 0 Å². The maximum Gasteiger partial charge on any atom is 0.122 e. The zero-order valence-corrected chi connectivity index (χ0v) is 13.3. The molecule has 2 N–H and O–H groups in total. The number of likely N-dealkylation sites (N-methyl/N-ethyl adjacent to an activating group) is 1. The van der Waals surface area contributed by atoms with Gasteiger partial charge in [0.1, 0.15) is 11.5 Å². The molecule has 0 spiro atoms. The van der Waals surface area contributed by atoms with Crippen LogP contribution in [0.4, 0.5) is 0 Å². The van der Waals surface area contributed by atoms with E-state index in [0.717, 1.165) is 31.0 Å². The van der Waals surface area contributed by atoms with Crippen molar-refractivity contribution < 1.29 is 4.42 Å². The minimum Gasteiger partial charge on any atom is -0.465 e. The molecular weight excluding hydrogens is 260 g/mol. The Hall–Kier alpha value is -1.58. The second-order valence-electron chi connectivity index (χ2n) is 5.51. The molecule has 0 aliphatic carbocycles. The van der Waals surface area contributed by atoms with Crippen molar-refractivity contribution in [2.24, 2.45) is 5.73 Å². The Morgan fingerprint density at radius 3 is 2.33 bits per heavy atom. The smallest absolute Gasteiger partial charge is 0.122 e. The molecule has 0 fully saturated rings. The van der Waals surface area contributed by atoms with E-state index in [1.165, 1.54) is 5.56 Å². The van der Waals surface area contributed by atoms with Gasteiger partial charge in [-0.2, -0.15) is 0 Å². The van der Waals surface area contributed by atoms with Gasteiger partial charge in [-0.25, -0.2) is 0 Å². The molecule has 0 bridgehead atoms. The van der Waals surface area contributed by atoms with Gasteiger partial charge in [0.2, 0.25) is 0 Å². The number of furan rings is 1. The van der Waals surface area contributed by atoms with Crippen LogP contribution >= 0.6 is 0 Å². The minimum atomic E-state index is 0.0687. The Labute approximate surface area is 127 Å². The molecule has 0 aliphatic rings. The van der Waals surface area contributed by atoms with Crippen molar-refractivity contribution in [1.29, 1.82) is 0 Å². The summed E-state index contributed by atoms with van der Waals surface area (Å²) in [6.07, 6.45) is 0.926. The molecule has 3 heteroatoms. The molecule has 21 heavy (non-hydrogen) atoms. The third-order valence-corrected chi connectivity index (χ3v) is 3.96. The van der Waals surface area contributed by atoms with Gasteiger partial charge in [-0.05, 0) is 37.6 Å². The third kappa shape index (κ3) is 3.96. The zero-order chi connectivity index (χ0) is 15.2. The minimum absolute atomic E-state index is 0.0687. The summed E-state index contributed by atoms with van der Waals surface area (Å²) in [5, 5.41) is 0. The highest BCUT2D eigenvalue weighted by atomic mass is 16.3. The van der Waals surface area contributed by atoms with E-state index in [1.807, 2.05) is 19.1 Å². The summed E-state index contributed by atoms with van der Waals surface area (Å²) in [5.74, 6) is 1.91. The molecule has 2 rings (SSSR count). The summed E-state index contributed by atoms with van der Waals surface area (Å²) in [7, 11) is 0. The first-order valence-corrected chi connectivity index (χ1v) is 7.75. The molecule has 0 saturated carbocycles. The van der Waals surface area contributed by atoms with Crippen molar-refractivity contribution in [3.8, 4) is 0 Å². The predicted molar refractivity (Wildman–Crippen MR) is 87.0 cm³/mol. The third-order valence-electron chi connectivity index (χ3n) is 3.96. The lowest BCUT2D eigenvalue weighted by molar-refractivity contribution is 0.146. The number of aryl methyl sites for hydroxylation is 1. The molecule has 0 saturated heterocycles. The van der Waals surface area contributed by atoms with Gasteiger partial charge in [0, 0.05) is 12.6 Å². The van der Waals surface area contributed by atoms with Crippen LogP contribution in [0.25, 0.3) is 0 Å². The summed E-state index contributed by atoms with van der Waals surface area (Å²) in [5.41, 5.74) is 7.69. The maximum absolute atomic E-state index is 6.39. The van der Waals surface area contributed by atoms with Crippen LogP contribution in [0.2, 0.25) is 0 Å². The van der Waals surface area contributed by atoms with Crippen LogP contribution in [0.3, 0.4) is 0 Å². The summed E-state index contributed by atoms with van der Waals surface area (Å²) in [4.78, 5) is 2.39. The Balaban J connectivity index is 2.25. The van der Waals surface area contributed by atoms with Gasteiger partial charge in [-0.15, -0.1) is 0 Å². The Kier molecular flexibility index (Phi) is 5.59. The largest absolute Gasteiger partial charge is 0.465 e. The van der Waals surface area contributed by atoms with Crippen molar-refractivity contribution in [2.75, 3.05) is 6.54 Å². The number of hydrogen-bond acceptors (Lipinski definition) is 3. The van der Waals surface area contributed by atoms with Crippen molar-refractivity contribution in [2.45, 2.75) is 45.8 Å². The van der Waals surface area contributed by atoms with E-state index in [0.29, 0.717) is 0 Å². The summed E-state index contributed by atoms with van der Waals surface area (Å²) in [6, 6.07) is 14.8. The highest BCUT2D eigenvalue weighted by molar-refractivity contribution is 5.17. The number of nitrogens with two attached hydrogens (primary N) is 1. The highest BCUT2D eigenvalue weighted by Gasteiger charge is 2.27. The monoisotopic (exact) mass is 286 g/mol. The molecule has 1 aromatic carbocycles. The van der Waals surface area contributed by atoms with Crippen LogP contribution in [0, 0.1) is 6.92 Å². The molecule has 0 amide bonds. The van der Waals surface area contributed by atoms with Gasteiger partial charge in [-0.3, -0.25) is 4.90 Å². The van der Waals surface area contributed by atoms with E-state index in [1.54, 1.807) is 0 Å². The van der Waals surface area contributed by atoms with E-state index < -0.39 is 0 Å². The van der Waals surface area contributed by atoms with Gasteiger partial charge >= 0.3 is 0 Å². The van der Waals surface area contributed by atoms with E-state index in [4.69, 9.17) is 10.2 Å². The van der Waals surface area contributed by atoms with Gasteiger partial charge in [0.15, 0.2) is 0 Å². The van der Waals surface area contributed by atoms with E-state index in [9.17, 15) is 0 Å². The Bertz CT molecular complexity index is 535. The van der Waals surface area contributed by atoms with Crippen molar-refractivity contribution in [3.05, 3.63) is 59.5 Å². The topological polar surface area (TPSA) is 42.4 Å². The fourth-order valence-corrected chi connectivity index (χ4v) is 2.72. The van der Waals surface area contributed by atoms with E-state index >= 15 is 0 Å².